The number of esters is 1. The van der Waals surface area contributed by atoms with Gasteiger partial charge in [-0.25, -0.2) is 9.59 Å². The third kappa shape index (κ3) is 7.01. The third-order valence-electron chi connectivity index (χ3n) is 4.72. The Hall–Kier alpha value is -3.55. The Bertz CT molecular complexity index is 943. The predicted octanol–water partition coefficient (Wildman–Crippen LogP) is 4.43. The zero-order valence-electron chi connectivity index (χ0n) is 18.6. The van der Waals surface area contributed by atoms with Crippen molar-refractivity contribution >= 4 is 35.0 Å². The highest BCUT2D eigenvalue weighted by Crippen LogP contribution is 2.22. The lowest BCUT2D eigenvalue weighted by atomic mass is 10.2. The number of hydrogen-bond donors (Lipinski definition) is 2. The molecule has 1 heterocycles. The van der Waals surface area contributed by atoms with Crippen LogP contribution in [0.5, 0.6) is 0 Å². The molecule has 0 saturated carbocycles. The van der Waals surface area contributed by atoms with E-state index in [1.165, 1.54) is 25.0 Å². The number of carbonyl (C=O) groups excluding carboxylic acids is 3. The van der Waals surface area contributed by atoms with Crippen LogP contribution in [0.3, 0.4) is 0 Å². The average Bonchev–Trinajstić information content (AvgIpc) is 3.26. The summed E-state index contributed by atoms with van der Waals surface area (Å²) in [5.74, 6) is -1.05. The molecule has 0 bridgehead atoms. The van der Waals surface area contributed by atoms with E-state index in [0.29, 0.717) is 11.4 Å². The second-order valence-electron chi connectivity index (χ2n) is 8.57. The fraction of sp³-hybridized carbons (Fsp3) is 0.375. The smallest absolute Gasteiger partial charge is 0.412 e. The molecule has 2 aromatic carbocycles. The van der Waals surface area contributed by atoms with E-state index in [4.69, 9.17) is 9.47 Å². The molecule has 1 saturated heterocycles. The molecular formula is C24H29N3O5. The highest BCUT2D eigenvalue weighted by molar-refractivity contribution is 5.96. The molecule has 8 nitrogen and oxygen atoms in total. The second-order valence-corrected chi connectivity index (χ2v) is 8.57. The largest absolute Gasteiger partial charge is 0.452 e. The van der Waals surface area contributed by atoms with Crippen LogP contribution >= 0.6 is 0 Å². The number of benzene rings is 2. The maximum Gasteiger partial charge on any atom is 0.412 e. The van der Waals surface area contributed by atoms with Gasteiger partial charge in [-0.3, -0.25) is 10.1 Å². The molecule has 8 heteroatoms. The molecular weight excluding hydrogens is 410 g/mol. The van der Waals surface area contributed by atoms with E-state index in [1.807, 2.05) is 24.3 Å². The number of rotatable bonds is 6. The lowest BCUT2D eigenvalue weighted by molar-refractivity contribution is -0.119. The van der Waals surface area contributed by atoms with Gasteiger partial charge in [0.05, 0.1) is 5.56 Å². The lowest BCUT2D eigenvalue weighted by Crippen LogP contribution is -2.27. The molecule has 0 atom stereocenters. The summed E-state index contributed by atoms with van der Waals surface area (Å²) in [6.45, 7) is 7.02. The van der Waals surface area contributed by atoms with Crippen molar-refractivity contribution in [3.8, 4) is 0 Å². The van der Waals surface area contributed by atoms with Crippen molar-refractivity contribution in [2.45, 2.75) is 39.2 Å². The third-order valence-corrected chi connectivity index (χ3v) is 4.72. The van der Waals surface area contributed by atoms with Gasteiger partial charge >= 0.3 is 12.1 Å². The molecule has 0 unspecified atom stereocenters. The molecule has 2 aromatic rings. The normalized spacial score (nSPS) is 13.4. The minimum Gasteiger partial charge on any atom is -0.452 e. The predicted molar refractivity (Wildman–Crippen MR) is 123 cm³/mol. The maximum atomic E-state index is 12.2. The van der Waals surface area contributed by atoms with E-state index in [1.54, 1.807) is 32.9 Å². The number of nitrogens with one attached hydrogen (secondary N) is 2. The summed E-state index contributed by atoms with van der Waals surface area (Å²) in [5.41, 5.74) is 1.92. The minimum absolute atomic E-state index is 0.266. The summed E-state index contributed by atoms with van der Waals surface area (Å²) < 4.78 is 10.3. The fourth-order valence-corrected chi connectivity index (χ4v) is 3.25. The first kappa shape index (κ1) is 23.1. The van der Waals surface area contributed by atoms with Crippen molar-refractivity contribution in [1.29, 1.82) is 0 Å². The van der Waals surface area contributed by atoms with Crippen LogP contribution in [0.1, 0.15) is 44.0 Å². The van der Waals surface area contributed by atoms with Gasteiger partial charge in [0.1, 0.15) is 5.60 Å². The first-order valence-corrected chi connectivity index (χ1v) is 10.6. The Balaban J connectivity index is 1.44. The van der Waals surface area contributed by atoms with Crippen LogP contribution in [0, 0.1) is 0 Å². The van der Waals surface area contributed by atoms with Crippen molar-refractivity contribution in [2.24, 2.45) is 0 Å². The average molecular weight is 440 g/mol. The molecule has 32 heavy (non-hydrogen) atoms. The molecule has 1 aliphatic rings. The summed E-state index contributed by atoms with van der Waals surface area (Å²) in [7, 11) is 0. The van der Waals surface area contributed by atoms with E-state index in [9.17, 15) is 14.4 Å². The monoisotopic (exact) mass is 439 g/mol. The maximum absolute atomic E-state index is 12.2. The molecule has 2 amide bonds. The Morgan fingerprint density at radius 2 is 1.44 bits per heavy atom. The first-order valence-electron chi connectivity index (χ1n) is 10.6. The Morgan fingerprint density at radius 1 is 0.875 bits per heavy atom. The summed E-state index contributed by atoms with van der Waals surface area (Å²) >= 11 is 0. The van der Waals surface area contributed by atoms with Crippen LogP contribution in [0.25, 0.3) is 0 Å². The summed E-state index contributed by atoms with van der Waals surface area (Å²) in [6, 6.07) is 13.7. The molecule has 2 N–H and O–H groups in total. The van der Waals surface area contributed by atoms with Crippen molar-refractivity contribution in [3.05, 3.63) is 54.1 Å². The zero-order valence-corrected chi connectivity index (χ0v) is 18.6. The van der Waals surface area contributed by atoms with E-state index in [0.717, 1.165) is 18.8 Å². The molecule has 0 aromatic heterocycles. The van der Waals surface area contributed by atoms with Gasteiger partial charge in [-0.05, 0) is 82.1 Å². The number of nitrogens with zero attached hydrogens (tertiary/aromatic N) is 1. The van der Waals surface area contributed by atoms with Crippen LogP contribution in [0.4, 0.5) is 21.9 Å². The highest BCUT2D eigenvalue weighted by Gasteiger charge is 2.17. The van der Waals surface area contributed by atoms with Crippen LogP contribution in [0.2, 0.25) is 0 Å². The Morgan fingerprint density at radius 3 is 2.03 bits per heavy atom. The van der Waals surface area contributed by atoms with Gasteiger partial charge in [0.15, 0.2) is 6.61 Å². The van der Waals surface area contributed by atoms with Crippen LogP contribution in [-0.4, -0.2) is 43.3 Å². The Labute approximate surface area is 187 Å². The van der Waals surface area contributed by atoms with Gasteiger partial charge in [0, 0.05) is 30.2 Å². The van der Waals surface area contributed by atoms with E-state index < -0.39 is 30.2 Å². The van der Waals surface area contributed by atoms with Crippen molar-refractivity contribution in [2.75, 3.05) is 35.2 Å². The summed E-state index contributed by atoms with van der Waals surface area (Å²) in [4.78, 5) is 38.4. The topological polar surface area (TPSA) is 97.0 Å². The van der Waals surface area contributed by atoms with Crippen LogP contribution in [0.15, 0.2) is 48.5 Å². The number of carbonyl (C=O) groups is 3. The lowest BCUT2D eigenvalue weighted by Gasteiger charge is -2.19. The number of amides is 2. The summed E-state index contributed by atoms with van der Waals surface area (Å²) in [5, 5.41) is 5.30. The first-order chi connectivity index (χ1) is 15.2. The highest BCUT2D eigenvalue weighted by atomic mass is 16.6. The SMILES string of the molecule is CC(C)(C)OC(=O)Nc1ccc(C(=O)OCC(=O)Nc2ccc(N3CCCC3)cc2)cc1. The van der Waals surface area contributed by atoms with E-state index in [-0.39, 0.29) is 5.56 Å². The van der Waals surface area contributed by atoms with Gasteiger partial charge in [0.2, 0.25) is 0 Å². The summed E-state index contributed by atoms with van der Waals surface area (Å²) in [6.07, 6.45) is 1.82. The zero-order chi connectivity index (χ0) is 23.1. The Kier molecular flexibility index (Phi) is 7.35. The van der Waals surface area contributed by atoms with Crippen molar-refractivity contribution < 1.29 is 23.9 Å². The van der Waals surface area contributed by atoms with Gasteiger partial charge in [-0.1, -0.05) is 0 Å². The van der Waals surface area contributed by atoms with Crippen molar-refractivity contribution in [1.82, 2.24) is 0 Å². The number of hydrogen-bond acceptors (Lipinski definition) is 6. The van der Waals surface area contributed by atoms with E-state index in [2.05, 4.69) is 15.5 Å². The molecule has 1 aliphatic heterocycles. The van der Waals surface area contributed by atoms with Gasteiger partial charge in [-0.15, -0.1) is 0 Å². The fourth-order valence-electron chi connectivity index (χ4n) is 3.25. The number of ether oxygens (including phenoxy) is 2. The van der Waals surface area contributed by atoms with Crippen molar-refractivity contribution in [3.63, 3.8) is 0 Å². The second kappa shape index (κ2) is 10.2. The molecule has 0 aliphatic carbocycles. The van der Waals surface area contributed by atoms with Gasteiger partial charge < -0.3 is 19.7 Å². The van der Waals surface area contributed by atoms with Gasteiger partial charge in [0.25, 0.3) is 5.91 Å². The number of anilines is 3. The van der Waals surface area contributed by atoms with Gasteiger partial charge in [-0.2, -0.15) is 0 Å². The van der Waals surface area contributed by atoms with Crippen LogP contribution < -0.4 is 15.5 Å². The molecule has 0 spiro atoms. The molecule has 1 fully saturated rings. The molecule has 0 radical (unpaired) electrons. The molecule has 170 valence electrons. The standard InChI is InChI=1S/C24H29N3O5/c1-24(2,3)32-23(30)26-19-8-6-17(7-9-19)22(29)31-16-21(28)25-18-10-12-20(13-11-18)27-14-4-5-15-27/h6-13H,4-5,14-16H2,1-3H3,(H,25,28)(H,26,30). The van der Waals surface area contributed by atoms with Crippen LogP contribution in [-0.2, 0) is 14.3 Å². The quantitative estimate of drug-likeness (QED) is 0.647. The van der Waals surface area contributed by atoms with E-state index >= 15 is 0 Å². The molecule has 3 rings (SSSR count). The minimum atomic E-state index is -0.631.